The number of nitrogens with one attached hydrogen (secondary N) is 1. The molecule has 0 bridgehead atoms. The van der Waals surface area contributed by atoms with Gasteiger partial charge in [-0.05, 0) is 43.9 Å². The van der Waals surface area contributed by atoms with Crippen LogP contribution < -0.4 is 5.32 Å². The van der Waals surface area contributed by atoms with Crippen molar-refractivity contribution in [3.05, 3.63) is 45.9 Å². The molecule has 108 valence electrons. The number of aryl methyl sites for hydroxylation is 2. The lowest BCUT2D eigenvalue weighted by molar-refractivity contribution is 0.474. The molecule has 3 nitrogen and oxygen atoms in total. The van der Waals surface area contributed by atoms with E-state index < -0.39 is 0 Å². The number of rotatable bonds is 7. The minimum absolute atomic E-state index is 0.329. The first-order valence-electron chi connectivity index (χ1n) is 7.12. The quantitative estimate of drug-likeness (QED) is 0.820. The van der Waals surface area contributed by atoms with Crippen molar-refractivity contribution >= 4 is 11.3 Å². The fourth-order valence-electron chi connectivity index (χ4n) is 2.00. The topological polar surface area (TPSA) is 45.2 Å². The van der Waals surface area contributed by atoms with Crippen LogP contribution in [0, 0.1) is 0 Å². The van der Waals surface area contributed by atoms with E-state index in [9.17, 15) is 5.11 Å². The van der Waals surface area contributed by atoms with E-state index in [-0.39, 0.29) is 0 Å². The predicted molar refractivity (Wildman–Crippen MR) is 84.2 cm³/mol. The molecule has 0 aliphatic heterocycles. The van der Waals surface area contributed by atoms with Crippen LogP contribution in [0.1, 0.15) is 35.7 Å². The SMILES string of the molecule is CCc1cnc(CNC(C)CCc2ccc(O)cc2)s1. The number of phenolic OH excluding ortho intramolecular Hbond substituents is 1. The molecule has 2 rings (SSSR count). The second kappa shape index (κ2) is 7.41. The molecule has 0 spiro atoms. The first-order valence-corrected chi connectivity index (χ1v) is 7.94. The number of hydrogen-bond donors (Lipinski definition) is 2. The summed E-state index contributed by atoms with van der Waals surface area (Å²) in [5, 5.41) is 13.9. The summed E-state index contributed by atoms with van der Waals surface area (Å²) in [4.78, 5) is 5.76. The highest BCUT2D eigenvalue weighted by atomic mass is 32.1. The van der Waals surface area contributed by atoms with Gasteiger partial charge in [-0.15, -0.1) is 11.3 Å². The third-order valence-electron chi connectivity index (χ3n) is 3.35. The Bertz CT molecular complexity index is 522. The van der Waals surface area contributed by atoms with Crippen molar-refractivity contribution in [2.75, 3.05) is 0 Å². The number of phenols is 1. The van der Waals surface area contributed by atoms with Crippen LogP contribution in [0.25, 0.3) is 0 Å². The standard InChI is InChI=1S/C16H22N2OS/c1-3-15-10-18-16(20-15)11-17-12(2)4-5-13-6-8-14(19)9-7-13/h6-10,12,17,19H,3-5,11H2,1-2H3. The van der Waals surface area contributed by atoms with Crippen LogP contribution in [-0.2, 0) is 19.4 Å². The second-order valence-electron chi connectivity index (χ2n) is 5.06. The summed E-state index contributed by atoms with van der Waals surface area (Å²) in [5.74, 6) is 0.329. The Morgan fingerprint density at radius 3 is 2.70 bits per heavy atom. The Labute approximate surface area is 124 Å². The van der Waals surface area contributed by atoms with Gasteiger partial charge >= 0.3 is 0 Å². The molecule has 20 heavy (non-hydrogen) atoms. The normalized spacial score (nSPS) is 12.5. The van der Waals surface area contributed by atoms with E-state index in [2.05, 4.69) is 24.1 Å². The highest BCUT2D eigenvalue weighted by Gasteiger charge is 2.05. The number of aromatic hydroxyl groups is 1. The van der Waals surface area contributed by atoms with Crippen molar-refractivity contribution in [3.63, 3.8) is 0 Å². The second-order valence-corrected chi connectivity index (χ2v) is 6.26. The number of benzene rings is 1. The summed E-state index contributed by atoms with van der Waals surface area (Å²) < 4.78 is 0. The minimum atomic E-state index is 0.329. The molecule has 2 aromatic rings. The van der Waals surface area contributed by atoms with Gasteiger partial charge in [0.2, 0.25) is 0 Å². The fraction of sp³-hybridized carbons (Fsp3) is 0.438. The summed E-state index contributed by atoms with van der Waals surface area (Å²) in [5.41, 5.74) is 1.26. The van der Waals surface area contributed by atoms with E-state index in [4.69, 9.17) is 0 Å². The Balaban J connectivity index is 1.72. The molecule has 0 aliphatic carbocycles. The molecule has 0 fully saturated rings. The summed E-state index contributed by atoms with van der Waals surface area (Å²) >= 11 is 1.79. The monoisotopic (exact) mass is 290 g/mol. The van der Waals surface area contributed by atoms with Crippen LogP contribution >= 0.6 is 11.3 Å². The van der Waals surface area contributed by atoms with E-state index in [1.807, 2.05) is 18.3 Å². The Kier molecular flexibility index (Phi) is 5.56. The lowest BCUT2D eigenvalue weighted by Crippen LogP contribution is -2.25. The zero-order valence-corrected chi connectivity index (χ0v) is 12.9. The van der Waals surface area contributed by atoms with E-state index in [0.717, 1.165) is 25.8 Å². The zero-order valence-electron chi connectivity index (χ0n) is 12.1. The first-order chi connectivity index (χ1) is 9.67. The van der Waals surface area contributed by atoms with Crippen LogP contribution in [0.15, 0.2) is 30.5 Å². The first kappa shape index (κ1) is 15.0. The van der Waals surface area contributed by atoms with E-state index >= 15 is 0 Å². The van der Waals surface area contributed by atoms with E-state index in [1.54, 1.807) is 23.5 Å². The van der Waals surface area contributed by atoms with Gasteiger partial charge in [0.15, 0.2) is 0 Å². The molecule has 1 unspecified atom stereocenters. The number of thiazole rings is 1. The highest BCUT2D eigenvalue weighted by Crippen LogP contribution is 2.14. The van der Waals surface area contributed by atoms with Crippen molar-refractivity contribution < 1.29 is 5.11 Å². The fourth-order valence-corrected chi connectivity index (χ4v) is 2.82. The third-order valence-corrected chi connectivity index (χ3v) is 4.50. The lowest BCUT2D eigenvalue weighted by atomic mass is 10.1. The zero-order chi connectivity index (χ0) is 14.4. The molecule has 0 saturated heterocycles. The Hall–Kier alpha value is -1.39. The van der Waals surface area contributed by atoms with Crippen LogP contribution in [0.4, 0.5) is 0 Å². The molecule has 1 aromatic carbocycles. The van der Waals surface area contributed by atoms with Gasteiger partial charge in [0.1, 0.15) is 10.8 Å². The summed E-state index contributed by atoms with van der Waals surface area (Å²) in [6.45, 7) is 5.21. The third kappa shape index (κ3) is 4.62. The smallest absolute Gasteiger partial charge is 0.115 e. The van der Waals surface area contributed by atoms with Gasteiger partial charge < -0.3 is 10.4 Å². The van der Waals surface area contributed by atoms with Crippen molar-refractivity contribution in [1.82, 2.24) is 10.3 Å². The highest BCUT2D eigenvalue weighted by molar-refractivity contribution is 7.11. The molecule has 1 atom stereocenters. The molecule has 4 heteroatoms. The van der Waals surface area contributed by atoms with E-state index in [1.165, 1.54) is 15.4 Å². The van der Waals surface area contributed by atoms with Crippen LogP contribution in [0.2, 0.25) is 0 Å². The summed E-state index contributed by atoms with van der Waals surface area (Å²) in [7, 11) is 0. The molecule has 0 aliphatic rings. The van der Waals surface area contributed by atoms with Crippen molar-refractivity contribution in [2.24, 2.45) is 0 Å². The van der Waals surface area contributed by atoms with Gasteiger partial charge in [-0.1, -0.05) is 19.1 Å². The van der Waals surface area contributed by atoms with Gasteiger partial charge in [-0.25, -0.2) is 4.98 Å². The Morgan fingerprint density at radius 1 is 1.30 bits per heavy atom. The van der Waals surface area contributed by atoms with Gasteiger partial charge in [0, 0.05) is 23.7 Å². The molecule has 1 aromatic heterocycles. The van der Waals surface area contributed by atoms with E-state index in [0.29, 0.717) is 11.8 Å². The largest absolute Gasteiger partial charge is 0.508 e. The molecule has 0 amide bonds. The maximum atomic E-state index is 9.25. The van der Waals surface area contributed by atoms with Gasteiger partial charge in [-0.3, -0.25) is 0 Å². The van der Waals surface area contributed by atoms with Crippen molar-refractivity contribution in [1.29, 1.82) is 0 Å². The number of hydrogen-bond acceptors (Lipinski definition) is 4. The molecule has 0 saturated carbocycles. The van der Waals surface area contributed by atoms with Gasteiger partial charge in [-0.2, -0.15) is 0 Å². The van der Waals surface area contributed by atoms with Gasteiger partial charge in [0.05, 0.1) is 0 Å². The van der Waals surface area contributed by atoms with Gasteiger partial charge in [0.25, 0.3) is 0 Å². The van der Waals surface area contributed by atoms with Crippen LogP contribution in [-0.4, -0.2) is 16.1 Å². The van der Waals surface area contributed by atoms with Crippen molar-refractivity contribution in [2.45, 2.75) is 45.7 Å². The molecule has 1 heterocycles. The van der Waals surface area contributed by atoms with Crippen LogP contribution in [0.5, 0.6) is 5.75 Å². The number of aromatic nitrogens is 1. The molecule has 2 N–H and O–H groups in total. The van der Waals surface area contributed by atoms with Crippen LogP contribution in [0.3, 0.4) is 0 Å². The maximum absolute atomic E-state index is 9.25. The molecular formula is C16H22N2OS. The lowest BCUT2D eigenvalue weighted by Gasteiger charge is -2.12. The summed E-state index contributed by atoms with van der Waals surface area (Å²) in [6.07, 6.45) is 5.14. The maximum Gasteiger partial charge on any atom is 0.115 e. The average molecular weight is 290 g/mol. The molecular weight excluding hydrogens is 268 g/mol. The van der Waals surface area contributed by atoms with Crippen molar-refractivity contribution in [3.8, 4) is 5.75 Å². The Morgan fingerprint density at radius 2 is 2.05 bits per heavy atom. The summed E-state index contributed by atoms with van der Waals surface area (Å²) in [6, 6.07) is 7.91. The average Bonchev–Trinajstić information content (AvgIpc) is 2.92. The number of nitrogens with zero attached hydrogens (tertiary/aromatic N) is 1. The minimum Gasteiger partial charge on any atom is -0.508 e. The molecule has 0 radical (unpaired) electrons. The predicted octanol–water partition coefficient (Wildman–Crippen LogP) is 3.52.